The first-order valence-electron chi connectivity index (χ1n) is 7.62. The zero-order valence-electron chi connectivity index (χ0n) is 14.0. The first-order chi connectivity index (χ1) is 12.6. The van der Waals surface area contributed by atoms with E-state index in [2.05, 4.69) is 9.36 Å². The zero-order chi connectivity index (χ0) is 20.0. The molecule has 0 spiro atoms. The molecule has 0 aliphatic carbocycles. The molecule has 10 nitrogen and oxygen atoms in total. The number of nitrogens with zero attached hydrogens (tertiary/aromatic N) is 3. The Hall–Kier alpha value is -2.83. The molecule has 0 bridgehead atoms. The molecule has 142 valence electrons. The summed E-state index contributed by atoms with van der Waals surface area (Å²) < 4.78 is 41.3. The number of benzene rings is 2. The van der Waals surface area contributed by atoms with E-state index in [1.807, 2.05) is 6.92 Å². The summed E-state index contributed by atoms with van der Waals surface area (Å²) in [5.74, 6) is -0.329. The van der Waals surface area contributed by atoms with Crippen molar-refractivity contribution >= 4 is 37.1 Å². The van der Waals surface area contributed by atoms with E-state index in [-0.39, 0.29) is 21.4 Å². The monoisotopic (exact) mass is 409 g/mol. The third kappa shape index (κ3) is 3.29. The molecule has 1 aliphatic heterocycles. The quantitative estimate of drug-likeness (QED) is 0.574. The van der Waals surface area contributed by atoms with Crippen LogP contribution in [0.2, 0.25) is 0 Å². The van der Waals surface area contributed by atoms with Crippen molar-refractivity contribution in [3.8, 4) is 0 Å². The fourth-order valence-electron chi connectivity index (χ4n) is 2.63. The summed E-state index contributed by atoms with van der Waals surface area (Å²) in [7, 11) is -7.86. The third-order valence-corrected chi connectivity index (χ3v) is 7.17. The van der Waals surface area contributed by atoms with Gasteiger partial charge in [-0.1, -0.05) is 19.1 Å². The molecule has 12 heteroatoms. The summed E-state index contributed by atoms with van der Waals surface area (Å²) in [4.78, 5) is 13.6. The largest absolute Gasteiger partial charge is 0.367 e. The molecule has 0 aromatic heterocycles. The van der Waals surface area contributed by atoms with Crippen molar-refractivity contribution in [2.75, 3.05) is 0 Å². The van der Waals surface area contributed by atoms with Crippen LogP contribution in [0.3, 0.4) is 0 Å². The average molecular weight is 409 g/mol. The van der Waals surface area contributed by atoms with E-state index in [9.17, 15) is 22.7 Å². The molecule has 27 heavy (non-hydrogen) atoms. The second-order valence-electron chi connectivity index (χ2n) is 5.67. The SMILES string of the molecule is CCc1ccc(S2(=O)=NC(N)=Nc3cc([N+](=O)[O-])c(S(N)(=O)=O)cc32)cc1. The normalized spacial score (nSPS) is 19.0. The van der Waals surface area contributed by atoms with E-state index in [1.165, 1.54) is 0 Å². The lowest BCUT2D eigenvalue weighted by molar-refractivity contribution is -0.387. The van der Waals surface area contributed by atoms with Gasteiger partial charge in [-0.15, -0.1) is 0 Å². The molecule has 2 aromatic carbocycles. The highest BCUT2D eigenvalue weighted by Crippen LogP contribution is 2.40. The number of guanidine groups is 1. The topological polar surface area (TPSA) is 171 Å². The molecule has 0 saturated carbocycles. The van der Waals surface area contributed by atoms with Crippen molar-refractivity contribution in [1.29, 1.82) is 0 Å². The number of primary sulfonamides is 1. The van der Waals surface area contributed by atoms with Gasteiger partial charge in [0, 0.05) is 6.07 Å². The summed E-state index contributed by atoms with van der Waals surface area (Å²) in [6.45, 7) is 1.96. The Labute approximate surface area is 155 Å². The molecule has 1 aliphatic rings. The van der Waals surface area contributed by atoms with Crippen LogP contribution in [0.15, 0.2) is 60.4 Å². The van der Waals surface area contributed by atoms with E-state index in [4.69, 9.17) is 10.9 Å². The van der Waals surface area contributed by atoms with Crippen LogP contribution in [-0.4, -0.2) is 23.5 Å². The van der Waals surface area contributed by atoms with Crippen molar-refractivity contribution < 1.29 is 17.6 Å². The fourth-order valence-corrected chi connectivity index (χ4v) is 5.35. The second kappa shape index (κ2) is 6.40. The van der Waals surface area contributed by atoms with Crippen molar-refractivity contribution in [3.05, 3.63) is 52.1 Å². The van der Waals surface area contributed by atoms with Gasteiger partial charge in [0.05, 0.1) is 20.4 Å². The van der Waals surface area contributed by atoms with Gasteiger partial charge in [-0.25, -0.2) is 22.8 Å². The number of nitro benzene ring substituents is 1. The highest BCUT2D eigenvalue weighted by Gasteiger charge is 2.32. The third-order valence-electron chi connectivity index (χ3n) is 3.95. The van der Waals surface area contributed by atoms with Gasteiger partial charge in [0.25, 0.3) is 5.69 Å². The smallest absolute Gasteiger partial charge is 0.291 e. The number of aryl methyl sites for hydroxylation is 1. The summed E-state index contributed by atoms with van der Waals surface area (Å²) >= 11 is 0. The van der Waals surface area contributed by atoms with E-state index in [0.29, 0.717) is 0 Å². The minimum absolute atomic E-state index is 0.0915. The molecule has 0 fully saturated rings. The van der Waals surface area contributed by atoms with Crippen molar-refractivity contribution in [2.45, 2.75) is 28.0 Å². The molecule has 0 saturated heterocycles. The molecule has 2 aromatic rings. The number of hydrogen-bond donors (Lipinski definition) is 2. The summed E-state index contributed by atoms with van der Waals surface area (Å²) in [5, 5.41) is 16.4. The Morgan fingerprint density at radius 3 is 2.37 bits per heavy atom. The van der Waals surface area contributed by atoms with Crippen LogP contribution in [-0.2, 0) is 26.2 Å². The minimum Gasteiger partial charge on any atom is -0.367 e. The lowest BCUT2D eigenvalue weighted by atomic mass is 10.2. The number of aliphatic imine (C=N–C) groups is 1. The first kappa shape index (κ1) is 18.9. The van der Waals surface area contributed by atoms with Gasteiger partial charge in [-0.05, 0) is 30.2 Å². The van der Waals surface area contributed by atoms with Gasteiger partial charge in [0.2, 0.25) is 16.0 Å². The highest BCUT2D eigenvalue weighted by molar-refractivity contribution is 7.94. The predicted octanol–water partition coefficient (Wildman–Crippen LogP) is 1.65. The van der Waals surface area contributed by atoms with Crippen molar-refractivity contribution in [2.24, 2.45) is 20.2 Å². The molecule has 1 unspecified atom stereocenters. The van der Waals surface area contributed by atoms with E-state index < -0.39 is 35.3 Å². The maximum Gasteiger partial charge on any atom is 0.291 e. The molecule has 1 heterocycles. The number of fused-ring (bicyclic) bond motifs is 1. The molecule has 0 radical (unpaired) electrons. The molecular formula is C15H15N5O5S2. The van der Waals surface area contributed by atoms with Crippen LogP contribution in [0.5, 0.6) is 0 Å². The number of sulfonamides is 1. The van der Waals surface area contributed by atoms with Crippen LogP contribution in [0.4, 0.5) is 11.4 Å². The Kier molecular flexibility index (Phi) is 4.49. The highest BCUT2D eigenvalue weighted by atomic mass is 32.2. The lowest BCUT2D eigenvalue weighted by Crippen LogP contribution is -2.19. The molecule has 0 amide bonds. The minimum atomic E-state index is -4.46. The Balaban J connectivity index is 2.37. The Morgan fingerprint density at radius 1 is 1.22 bits per heavy atom. The lowest BCUT2D eigenvalue weighted by Gasteiger charge is -2.18. The maximum atomic E-state index is 13.7. The van der Waals surface area contributed by atoms with Crippen LogP contribution in [0, 0.1) is 10.1 Å². The molecule has 3 rings (SSSR count). The van der Waals surface area contributed by atoms with Crippen LogP contribution in [0.1, 0.15) is 12.5 Å². The van der Waals surface area contributed by atoms with Crippen molar-refractivity contribution in [3.63, 3.8) is 0 Å². The number of rotatable bonds is 4. The van der Waals surface area contributed by atoms with Gasteiger partial charge in [-0.2, -0.15) is 4.36 Å². The van der Waals surface area contributed by atoms with E-state index in [1.54, 1.807) is 24.3 Å². The number of hydrogen-bond acceptors (Lipinski definition) is 8. The number of nitrogens with two attached hydrogens (primary N) is 2. The van der Waals surface area contributed by atoms with Crippen molar-refractivity contribution in [1.82, 2.24) is 0 Å². The summed E-state index contributed by atoms with van der Waals surface area (Å²) in [6, 6.07) is 8.46. The fraction of sp³-hybridized carbons (Fsp3) is 0.133. The van der Waals surface area contributed by atoms with E-state index in [0.717, 1.165) is 24.1 Å². The van der Waals surface area contributed by atoms with Gasteiger partial charge >= 0.3 is 0 Å². The van der Waals surface area contributed by atoms with Gasteiger partial charge in [0.1, 0.15) is 9.73 Å². The Morgan fingerprint density at radius 2 is 1.85 bits per heavy atom. The van der Waals surface area contributed by atoms with Crippen LogP contribution < -0.4 is 10.9 Å². The summed E-state index contributed by atoms with van der Waals surface area (Å²) in [5.41, 5.74) is 5.78. The number of nitro groups is 1. The standard InChI is InChI=1S/C15H15N5O5S2/c1-2-9-3-5-10(6-4-9)26(23)13-8-14(27(17,24)25)12(20(21)22)7-11(13)18-15(16)19-26/h3-8H,2H2,1H3,(H2,17,24,25)(H2,16,18,19,23). The Bertz CT molecular complexity index is 1210. The molecule has 1 atom stereocenters. The van der Waals surface area contributed by atoms with Gasteiger partial charge in [0.15, 0.2) is 4.90 Å². The summed E-state index contributed by atoms with van der Waals surface area (Å²) in [6.07, 6.45) is 0.764. The van der Waals surface area contributed by atoms with Gasteiger partial charge in [-0.3, -0.25) is 10.1 Å². The predicted molar refractivity (Wildman–Crippen MR) is 98.7 cm³/mol. The molecular weight excluding hydrogens is 394 g/mol. The average Bonchev–Trinajstić information content (AvgIpc) is 2.59. The van der Waals surface area contributed by atoms with Gasteiger partial charge < -0.3 is 5.73 Å². The van der Waals surface area contributed by atoms with E-state index >= 15 is 0 Å². The maximum absolute atomic E-state index is 13.7. The van der Waals surface area contributed by atoms with Crippen LogP contribution >= 0.6 is 0 Å². The second-order valence-corrected chi connectivity index (χ2v) is 9.35. The first-order valence-corrected chi connectivity index (χ1v) is 10.7. The zero-order valence-corrected chi connectivity index (χ0v) is 15.7. The molecule has 4 N–H and O–H groups in total. The van der Waals surface area contributed by atoms with Crippen LogP contribution in [0.25, 0.3) is 0 Å².